The zero-order valence-electron chi connectivity index (χ0n) is 19.7. The van der Waals surface area contributed by atoms with E-state index in [1.54, 1.807) is 25.0 Å². The Morgan fingerprint density at radius 3 is 2.67 bits per heavy atom. The van der Waals surface area contributed by atoms with E-state index in [1.807, 2.05) is 6.92 Å². The van der Waals surface area contributed by atoms with Gasteiger partial charge in [-0.1, -0.05) is 31.4 Å². The third-order valence-corrected chi connectivity index (χ3v) is 4.94. The number of carbonyl (C=O) groups is 1. The number of aliphatic hydroxyl groups excluding tert-OH is 1. The smallest absolute Gasteiger partial charge is 0.434 e. The molecule has 0 amide bonds. The first-order valence-corrected chi connectivity index (χ1v) is 11.3. The number of nitrogens with zero attached hydrogens (tertiary/aromatic N) is 4. The van der Waals surface area contributed by atoms with Crippen LogP contribution in [-0.2, 0) is 20.9 Å². The van der Waals surface area contributed by atoms with Gasteiger partial charge < -0.3 is 30.0 Å². The molecule has 0 fully saturated rings. The highest BCUT2D eigenvalue weighted by molar-refractivity contribution is 5.84. The molecular weight excluding hydrogens is 428 g/mol. The van der Waals surface area contributed by atoms with Crippen LogP contribution in [-0.4, -0.2) is 70.8 Å². The Hall–Kier alpha value is -2.92. The van der Waals surface area contributed by atoms with Crippen LogP contribution in [0.1, 0.15) is 45.4 Å². The van der Waals surface area contributed by atoms with Crippen LogP contribution >= 0.6 is 0 Å². The molecule has 0 radical (unpaired) electrons. The molecule has 2 aromatic heterocycles. The number of aliphatic hydroxyl groups is 1. The summed E-state index contributed by atoms with van der Waals surface area (Å²) in [6.07, 6.45) is 10.8. The molecule has 2 rings (SSSR count). The summed E-state index contributed by atoms with van der Waals surface area (Å²) in [6, 6.07) is 0. The van der Waals surface area contributed by atoms with E-state index in [1.165, 1.54) is 12.8 Å². The van der Waals surface area contributed by atoms with Crippen LogP contribution in [0.5, 0.6) is 0 Å². The number of nitrogens with one attached hydrogen (secondary N) is 2. The number of hydrogen-bond donors (Lipinski definition) is 3. The topological polar surface area (TPSA) is 133 Å². The highest BCUT2D eigenvalue weighted by Crippen LogP contribution is 2.20. The van der Waals surface area contributed by atoms with E-state index in [9.17, 15) is 9.90 Å². The molecule has 33 heavy (non-hydrogen) atoms. The van der Waals surface area contributed by atoms with Crippen molar-refractivity contribution in [2.24, 2.45) is 0 Å². The fraction of sp³-hybridized carbons (Fsp3) is 0.636. The number of fused-ring (bicyclic) bond motifs is 1. The highest BCUT2D eigenvalue weighted by Gasteiger charge is 2.16. The molecule has 0 aliphatic carbocycles. The van der Waals surface area contributed by atoms with Gasteiger partial charge in [0.1, 0.15) is 19.4 Å². The lowest BCUT2D eigenvalue weighted by Crippen LogP contribution is -2.27. The van der Waals surface area contributed by atoms with Gasteiger partial charge in [-0.3, -0.25) is 4.57 Å². The second-order valence-corrected chi connectivity index (χ2v) is 7.42. The summed E-state index contributed by atoms with van der Waals surface area (Å²) in [7, 11) is 3.48. The number of carbonyl (C=O) groups excluding carboxylic acids is 1. The molecule has 0 aliphatic rings. The van der Waals surface area contributed by atoms with Crippen LogP contribution in [0.25, 0.3) is 11.2 Å². The molecular formula is C22H36N6O5. The first-order chi connectivity index (χ1) is 16.1. The van der Waals surface area contributed by atoms with E-state index in [2.05, 4.69) is 37.7 Å². The average Bonchev–Trinajstić information content (AvgIpc) is 3.25. The van der Waals surface area contributed by atoms with E-state index in [-0.39, 0.29) is 19.9 Å². The second-order valence-electron chi connectivity index (χ2n) is 7.42. The van der Waals surface area contributed by atoms with Gasteiger partial charge in [0.05, 0.1) is 19.5 Å². The Morgan fingerprint density at radius 2 is 1.94 bits per heavy atom. The largest absolute Gasteiger partial charge is 0.508 e. The number of anilines is 2. The van der Waals surface area contributed by atoms with E-state index in [0.717, 1.165) is 25.7 Å². The molecule has 1 unspecified atom stereocenters. The lowest BCUT2D eigenvalue weighted by molar-refractivity contribution is -0.0616. The minimum Gasteiger partial charge on any atom is -0.434 e. The third kappa shape index (κ3) is 8.85. The number of ether oxygens (including phenoxy) is 3. The Kier molecular flexibility index (Phi) is 12.0. The Bertz CT molecular complexity index is 872. The van der Waals surface area contributed by atoms with Crippen molar-refractivity contribution < 1.29 is 24.1 Å². The zero-order chi connectivity index (χ0) is 23.9. The third-order valence-electron chi connectivity index (χ3n) is 4.94. The molecule has 0 spiro atoms. The lowest BCUT2D eigenvalue weighted by Gasteiger charge is -2.16. The second kappa shape index (κ2) is 15.0. The standard InChI is InChI=1S/C22H36N6O5/c1-4-5-6-7-8-9-10-11-12-31-22(30)32-14-17(13-29)33-16-28-15-25-18-19(23-2)26-21(24-3)27-20(18)28/h4-5,15,17,29H,6-14,16H2,1-3H3,(H2,23,24,26,27). The molecule has 2 heterocycles. The predicted molar refractivity (Wildman–Crippen MR) is 126 cm³/mol. The summed E-state index contributed by atoms with van der Waals surface area (Å²) >= 11 is 0. The van der Waals surface area contributed by atoms with Gasteiger partial charge >= 0.3 is 6.16 Å². The van der Waals surface area contributed by atoms with Crippen LogP contribution in [0.3, 0.4) is 0 Å². The predicted octanol–water partition coefficient (Wildman–Crippen LogP) is 3.31. The quantitative estimate of drug-likeness (QED) is 0.193. The van der Waals surface area contributed by atoms with E-state index in [4.69, 9.17) is 14.2 Å². The van der Waals surface area contributed by atoms with E-state index < -0.39 is 12.3 Å². The van der Waals surface area contributed by atoms with E-state index in [0.29, 0.717) is 29.5 Å². The van der Waals surface area contributed by atoms with Crippen molar-refractivity contribution >= 4 is 29.1 Å². The molecule has 0 saturated heterocycles. The van der Waals surface area contributed by atoms with Crippen molar-refractivity contribution in [2.45, 2.75) is 58.3 Å². The van der Waals surface area contributed by atoms with Crippen molar-refractivity contribution in [2.75, 3.05) is 44.5 Å². The van der Waals surface area contributed by atoms with Crippen LogP contribution in [0.2, 0.25) is 0 Å². The SMILES string of the molecule is CC=CCCCCCCCOC(=O)OCC(CO)OCn1cnc2c(NC)nc(NC)nc21. The van der Waals surface area contributed by atoms with Crippen molar-refractivity contribution in [1.29, 1.82) is 0 Å². The summed E-state index contributed by atoms with van der Waals surface area (Å²) in [6.45, 7) is 1.98. The van der Waals surface area contributed by atoms with Gasteiger partial charge in [-0.2, -0.15) is 9.97 Å². The zero-order valence-corrected chi connectivity index (χ0v) is 19.7. The lowest BCUT2D eigenvalue weighted by atomic mass is 10.1. The van der Waals surface area contributed by atoms with Crippen molar-refractivity contribution in [3.63, 3.8) is 0 Å². The van der Waals surface area contributed by atoms with Crippen LogP contribution < -0.4 is 10.6 Å². The van der Waals surface area contributed by atoms with Gasteiger partial charge in [0.15, 0.2) is 17.0 Å². The molecule has 11 heteroatoms. The van der Waals surface area contributed by atoms with E-state index >= 15 is 0 Å². The van der Waals surface area contributed by atoms with Crippen molar-refractivity contribution in [3.05, 3.63) is 18.5 Å². The molecule has 184 valence electrons. The fourth-order valence-corrected chi connectivity index (χ4v) is 3.08. The monoisotopic (exact) mass is 464 g/mol. The number of rotatable bonds is 16. The van der Waals surface area contributed by atoms with Gasteiger partial charge in [-0.05, 0) is 26.2 Å². The number of aromatic nitrogens is 4. The molecule has 0 aromatic carbocycles. The first kappa shape index (κ1) is 26.3. The number of allylic oxidation sites excluding steroid dienone is 2. The van der Waals surface area contributed by atoms with Gasteiger partial charge in [-0.15, -0.1) is 0 Å². The summed E-state index contributed by atoms with van der Waals surface area (Å²) in [5.41, 5.74) is 1.16. The van der Waals surface area contributed by atoms with Crippen molar-refractivity contribution in [3.8, 4) is 0 Å². The molecule has 0 saturated carbocycles. The highest BCUT2D eigenvalue weighted by atomic mass is 16.7. The maximum absolute atomic E-state index is 11.8. The normalized spacial score (nSPS) is 12.2. The van der Waals surface area contributed by atoms with Gasteiger partial charge in [0.25, 0.3) is 0 Å². The molecule has 1 atom stereocenters. The van der Waals surface area contributed by atoms with Crippen molar-refractivity contribution in [1.82, 2.24) is 19.5 Å². The van der Waals surface area contributed by atoms with Crippen LogP contribution in [0, 0.1) is 0 Å². The van der Waals surface area contributed by atoms with Crippen LogP contribution in [0.15, 0.2) is 18.5 Å². The Morgan fingerprint density at radius 1 is 1.15 bits per heavy atom. The van der Waals surface area contributed by atoms with Gasteiger partial charge in [0.2, 0.25) is 5.95 Å². The Balaban J connectivity index is 1.69. The maximum atomic E-state index is 11.8. The molecule has 11 nitrogen and oxygen atoms in total. The van der Waals surface area contributed by atoms with Gasteiger partial charge in [0, 0.05) is 14.1 Å². The maximum Gasteiger partial charge on any atom is 0.508 e. The molecule has 3 N–H and O–H groups in total. The molecule has 0 aliphatic heterocycles. The van der Waals surface area contributed by atoms with Crippen LogP contribution in [0.4, 0.5) is 16.6 Å². The average molecular weight is 465 g/mol. The summed E-state index contributed by atoms with van der Waals surface area (Å²) in [4.78, 5) is 24.8. The summed E-state index contributed by atoms with van der Waals surface area (Å²) in [5.74, 6) is 1.02. The first-order valence-electron chi connectivity index (χ1n) is 11.3. The minimum atomic E-state index is -0.761. The summed E-state index contributed by atoms with van der Waals surface area (Å²) in [5, 5.41) is 15.4. The molecule has 2 aromatic rings. The summed E-state index contributed by atoms with van der Waals surface area (Å²) < 4.78 is 17.5. The molecule has 0 bridgehead atoms. The number of hydrogen-bond acceptors (Lipinski definition) is 10. The fourth-order valence-electron chi connectivity index (χ4n) is 3.08. The minimum absolute atomic E-state index is 0.0670. The number of imidazole rings is 1. The number of unbranched alkanes of at least 4 members (excludes halogenated alkanes) is 5. The Labute approximate surface area is 194 Å². The van der Waals surface area contributed by atoms with Gasteiger partial charge in [-0.25, -0.2) is 9.78 Å².